The summed E-state index contributed by atoms with van der Waals surface area (Å²) in [5.41, 5.74) is 4.17. The van der Waals surface area contributed by atoms with Gasteiger partial charge >= 0.3 is 0 Å². The van der Waals surface area contributed by atoms with Crippen molar-refractivity contribution in [3.05, 3.63) is 59.9 Å². The Morgan fingerprint density at radius 1 is 1.18 bits per heavy atom. The second-order valence-electron chi connectivity index (χ2n) is 5.88. The average Bonchev–Trinajstić information content (AvgIpc) is 3.11. The molecule has 4 heteroatoms. The van der Waals surface area contributed by atoms with Gasteiger partial charge in [-0.25, -0.2) is 4.98 Å². The summed E-state index contributed by atoms with van der Waals surface area (Å²) < 4.78 is 0. The van der Waals surface area contributed by atoms with E-state index < -0.39 is 0 Å². The summed E-state index contributed by atoms with van der Waals surface area (Å²) in [4.78, 5) is 22.2. The van der Waals surface area contributed by atoms with Crippen LogP contribution < -0.4 is 4.90 Å². The summed E-state index contributed by atoms with van der Waals surface area (Å²) in [6, 6.07) is 16.0. The summed E-state index contributed by atoms with van der Waals surface area (Å²) in [5.74, 6) is 1.20. The Hall–Kier alpha value is -2.62. The number of carbonyl (C=O) groups is 1. The van der Waals surface area contributed by atoms with E-state index in [-0.39, 0.29) is 11.8 Å². The first kappa shape index (κ1) is 13.1. The number of anilines is 1. The molecule has 1 aliphatic heterocycles. The number of rotatable bonds is 2. The predicted octanol–water partition coefficient (Wildman–Crippen LogP) is 3.39. The number of nitrogens with zero attached hydrogens (tertiary/aromatic N) is 2. The number of fused-ring (bicyclic) bond motifs is 1. The first-order valence-electron chi connectivity index (χ1n) is 7.52. The first-order chi connectivity index (χ1) is 10.7. The third-order valence-corrected chi connectivity index (χ3v) is 4.24. The summed E-state index contributed by atoms with van der Waals surface area (Å²) in [7, 11) is 0. The van der Waals surface area contributed by atoms with Crippen LogP contribution in [0.1, 0.15) is 23.7 Å². The zero-order valence-corrected chi connectivity index (χ0v) is 12.4. The summed E-state index contributed by atoms with van der Waals surface area (Å²) in [5, 5.41) is 0. The number of hydrogen-bond acceptors (Lipinski definition) is 2. The number of para-hydroxylation sites is 1. The van der Waals surface area contributed by atoms with E-state index in [1.165, 1.54) is 5.56 Å². The molecular weight excluding hydrogens is 274 g/mol. The van der Waals surface area contributed by atoms with Crippen molar-refractivity contribution in [2.24, 2.45) is 0 Å². The van der Waals surface area contributed by atoms with Crippen LogP contribution in [-0.2, 0) is 4.79 Å². The molecule has 1 aromatic heterocycles. The van der Waals surface area contributed by atoms with Crippen LogP contribution in [0.3, 0.4) is 0 Å². The molecule has 0 aliphatic carbocycles. The molecule has 1 atom stereocenters. The van der Waals surface area contributed by atoms with E-state index in [4.69, 9.17) is 0 Å². The first-order valence-corrected chi connectivity index (χ1v) is 7.52. The molecule has 0 spiro atoms. The van der Waals surface area contributed by atoms with E-state index in [1.54, 1.807) is 0 Å². The van der Waals surface area contributed by atoms with Gasteiger partial charge in [0.05, 0.1) is 11.0 Å². The number of aryl methyl sites for hydroxylation is 1. The van der Waals surface area contributed by atoms with Crippen LogP contribution in [0, 0.1) is 6.92 Å². The van der Waals surface area contributed by atoms with Gasteiger partial charge in [-0.05, 0) is 36.8 Å². The summed E-state index contributed by atoms with van der Waals surface area (Å²) in [6.07, 6.45) is 0.508. The normalized spacial score (nSPS) is 18.3. The molecule has 22 heavy (non-hydrogen) atoms. The Morgan fingerprint density at radius 3 is 2.82 bits per heavy atom. The highest BCUT2D eigenvalue weighted by molar-refractivity contribution is 5.96. The smallest absolute Gasteiger partial charge is 0.227 e. The van der Waals surface area contributed by atoms with Crippen LogP contribution in [0.5, 0.6) is 0 Å². The van der Waals surface area contributed by atoms with Crippen molar-refractivity contribution in [1.82, 2.24) is 9.97 Å². The highest BCUT2D eigenvalue weighted by atomic mass is 16.2. The minimum Gasteiger partial charge on any atom is -0.342 e. The molecule has 2 aromatic carbocycles. The molecule has 1 saturated heterocycles. The van der Waals surface area contributed by atoms with Crippen LogP contribution in [0.15, 0.2) is 48.5 Å². The second-order valence-corrected chi connectivity index (χ2v) is 5.88. The van der Waals surface area contributed by atoms with Crippen molar-refractivity contribution in [3.63, 3.8) is 0 Å². The lowest BCUT2D eigenvalue weighted by Crippen LogP contribution is -2.24. The van der Waals surface area contributed by atoms with Gasteiger partial charge in [-0.3, -0.25) is 4.79 Å². The number of imidazole rings is 1. The number of benzene rings is 2. The molecule has 1 fully saturated rings. The van der Waals surface area contributed by atoms with Crippen LogP contribution in [0.4, 0.5) is 5.69 Å². The molecule has 1 N–H and O–H groups in total. The molecule has 2 heterocycles. The highest BCUT2D eigenvalue weighted by Crippen LogP contribution is 2.31. The number of nitrogens with one attached hydrogen (secondary N) is 1. The maximum atomic E-state index is 12.3. The monoisotopic (exact) mass is 291 g/mol. The topological polar surface area (TPSA) is 49.0 Å². The van der Waals surface area contributed by atoms with E-state index in [2.05, 4.69) is 29.0 Å². The number of H-pyrrole nitrogens is 1. The van der Waals surface area contributed by atoms with Gasteiger partial charge in [0.1, 0.15) is 5.82 Å². The number of amides is 1. The maximum absolute atomic E-state index is 12.3. The van der Waals surface area contributed by atoms with Crippen molar-refractivity contribution < 1.29 is 4.79 Å². The van der Waals surface area contributed by atoms with Gasteiger partial charge in [0.2, 0.25) is 5.91 Å². The minimum absolute atomic E-state index is 0.125. The number of aromatic amines is 1. The fourth-order valence-electron chi connectivity index (χ4n) is 3.08. The molecule has 1 aliphatic rings. The van der Waals surface area contributed by atoms with Crippen molar-refractivity contribution >= 4 is 22.6 Å². The quantitative estimate of drug-likeness (QED) is 0.786. The van der Waals surface area contributed by atoms with Crippen LogP contribution in [0.25, 0.3) is 11.0 Å². The number of carbonyl (C=O) groups excluding carboxylic acids is 1. The lowest BCUT2D eigenvalue weighted by Gasteiger charge is -2.15. The predicted molar refractivity (Wildman–Crippen MR) is 87.0 cm³/mol. The van der Waals surface area contributed by atoms with E-state index in [0.717, 1.165) is 22.5 Å². The summed E-state index contributed by atoms with van der Waals surface area (Å²) >= 11 is 0. The third-order valence-electron chi connectivity index (χ3n) is 4.24. The van der Waals surface area contributed by atoms with Crippen LogP contribution in [0.2, 0.25) is 0 Å². The van der Waals surface area contributed by atoms with Crippen LogP contribution >= 0.6 is 0 Å². The highest BCUT2D eigenvalue weighted by Gasteiger charge is 2.33. The molecule has 0 bridgehead atoms. The SMILES string of the molecule is Cc1ccc2nc([C@@H]3CC(=O)N(c4ccccc4)C3)[nH]c2c1. The maximum Gasteiger partial charge on any atom is 0.227 e. The second kappa shape index (κ2) is 4.98. The van der Waals surface area contributed by atoms with Gasteiger partial charge in [-0.1, -0.05) is 24.3 Å². The van der Waals surface area contributed by atoms with Gasteiger partial charge in [0.25, 0.3) is 0 Å². The Labute approximate surface area is 128 Å². The van der Waals surface area contributed by atoms with E-state index >= 15 is 0 Å². The molecule has 3 aromatic rings. The Balaban J connectivity index is 1.64. The van der Waals surface area contributed by atoms with E-state index in [0.29, 0.717) is 13.0 Å². The average molecular weight is 291 g/mol. The number of aromatic nitrogens is 2. The summed E-state index contributed by atoms with van der Waals surface area (Å²) in [6.45, 7) is 2.75. The van der Waals surface area contributed by atoms with Gasteiger partial charge in [-0.15, -0.1) is 0 Å². The van der Waals surface area contributed by atoms with Crippen LogP contribution in [-0.4, -0.2) is 22.4 Å². The molecule has 110 valence electrons. The lowest BCUT2D eigenvalue weighted by molar-refractivity contribution is -0.117. The fraction of sp³-hybridized carbons (Fsp3) is 0.222. The Kier molecular flexibility index (Phi) is 2.96. The zero-order valence-electron chi connectivity index (χ0n) is 12.4. The minimum atomic E-state index is 0.125. The lowest BCUT2D eigenvalue weighted by atomic mass is 10.1. The molecule has 4 rings (SSSR count). The zero-order chi connectivity index (χ0) is 15.1. The molecule has 0 radical (unpaired) electrons. The standard InChI is InChI=1S/C18H17N3O/c1-12-7-8-15-16(9-12)20-18(19-15)13-10-17(22)21(11-13)14-5-3-2-4-6-14/h2-9,13H,10-11H2,1H3,(H,19,20)/t13-/m1/s1. The van der Waals surface area contributed by atoms with Crippen molar-refractivity contribution in [2.75, 3.05) is 11.4 Å². The van der Waals surface area contributed by atoms with Crippen molar-refractivity contribution in [3.8, 4) is 0 Å². The van der Waals surface area contributed by atoms with Gasteiger partial charge in [0, 0.05) is 24.6 Å². The van der Waals surface area contributed by atoms with Gasteiger partial charge in [0.15, 0.2) is 0 Å². The molecule has 0 unspecified atom stereocenters. The largest absolute Gasteiger partial charge is 0.342 e. The van der Waals surface area contributed by atoms with Gasteiger partial charge in [-0.2, -0.15) is 0 Å². The number of hydrogen-bond donors (Lipinski definition) is 1. The fourth-order valence-corrected chi connectivity index (χ4v) is 3.08. The van der Waals surface area contributed by atoms with E-state index in [1.807, 2.05) is 41.3 Å². The van der Waals surface area contributed by atoms with Gasteiger partial charge < -0.3 is 9.88 Å². The molecule has 1 amide bonds. The Morgan fingerprint density at radius 2 is 2.00 bits per heavy atom. The molecule has 0 saturated carbocycles. The van der Waals surface area contributed by atoms with Crippen molar-refractivity contribution in [2.45, 2.75) is 19.3 Å². The third kappa shape index (κ3) is 2.17. The van der Waals surface area contributed by atoms with Crippen molar-refractivity contribution in [1.29, 1.82) is 0 Å². The Bertz CT molecular complexity index is 838. The molecule has 4 nitrogen and oxygen atoms in total. The van der Waals surface area contributed by atoms with E-state index in [9.17, 15) is 4.79 Å². The molecular formula is C18H17N3O.